The molecule has 0 radical (unpaired) electrons. The number of rotatable bonds is 4. The second-order valence-electron chi connectivity index (χ2n) is 8.43. The molecule has 1 fully saturated rings. The van der Waals surface area contributed by atoms with E-state index < -0.39 is 22.2 Å². The van der Waals surface area contributed by atoms with Crippen LogP contribution in [0.5, 0.6) is 5.75 Å². The number of hydrogen-bond acceptors (Lipinski definition) is 5. The predicted octanol–water partition coefficient (Wildman–Crippen LogP) is 3.90. The Morgan fingerprint density at radius 3 is 2.41 bits per heavy atom. The molecule has 1 heterocycles. The Bertz CT molecular complexity index is 1180. The van der Waals surface area contributed by atoms with Crippen LogP contribution in [0.2, 0.25) is 0 Å². The first kappa shape index (κ1) is 21.0. The lowest BCUT2D eigenvalue weighted by molar-refractivity contribution is 0.142. The van der Waals surface area contributed by atoms with Crippen LogP contribution < -0.4 is 14.4 Å². The number of nitrogens with one attached hydrogen (secondary N) is 1. The van der Waals surface area contributed by atoms with Gasteiger partial charge in [0, 0.05) is 11.3 Å². The zero-order valence-corrected chi connectivity index (χ0v) is 18.6. The maximum atomic E-state index is 12.9. The van der Waals surface area contributed by atoms with Crippen LogP contribution in [0.25, 0.3) is 0 Å². The molecule has 166 valence electrons. The molecule has 0 unspecified atom stereocenters. The Morgan fingerprint density at radius 2 is 1.62 bits per heavy atom. The summed E-state index contributed by atoms with van der Waals surface area (Å²) in [5.74, 6) is 0.750. The summed E-state index contributed by atoms with van der Waals surface area (Å²) in [6.45, 7) is 2.35. The van der Waals surface area contributed by atoms with Crippen LogP contribution in [0.3, 0.4) is 0 Å². The van der Waals surface area contributed by atoms with Crippen LogP contribution in [0.15, 0.2) is 77.7 Å². The van der Waals surface area contributed by atoms with Crippen LogP contribution in [0.4, 0.5) is 11.4 Å². The molecule has 7 heteroatoms. The van der Waals surface area contributed by atoms with Crippen molar-refractivity contribution in [1.29, 1.82) is 0 Å². The van der Waals surface area contributed by atoms with Gasteiger partial charge in [0.1, 0.15) is 12.4 Å². The quantitative estimate of drug-likeness (QED) is 0.630. The van der Waals surface area contributed by atoms with Gasteiger partial charge in [0.25, 0.3) is 0 Å². The third-order valence-corrected chi connectivity index (χ3v) is 7.81. The van der Waals surface area contributed by atoms with Gasteiger partial charge >= 0.3 is 0 Å². The zero-order chi connectivity index (χ0) is 22.3. The molecule has 6 nitrogen and oxygen atoms in total. The van der Waals surface area contributed by atoms with E-state index >= 15 is 0 Å². The normalized spacial score (nSPS) is 22.6. The van der Waals surface area contributed by atoms with Crippen LogP contribution in [0.1, 0.15) is 24.0 Å². The third-order valence-electron chi connectivity index (χ3n) is 6.31. The molecule has 0 saturated heterocycles. The molecule has 3 atom stereocenters. The summed E-state index contributed by atoms with van der Waals surface area (Å²) in [5, 5.41) is 11.3. The van der Waals surface area contributed by atoms with Crippen molar-refractivity contribution in [3.05, 3.63) is 83.9 Å². The topological polar surface area (TPSA) is 78.9 Å². The summed E-state index contributed by atoms with van der Waals surface area (Å²) in [6.07, 6.45) is 0.304. The lowest BCUT2D eigenvalue weighted by Gasteiger charge is -2.34. The van der Waals surface area contributed by atoms with Gasteiger partial charge in [-0.25, -0.2) is 13.1 Å². The van der Waals surface area contributed by atoms with E-state index in [1.54, 1.807) is 24.3 Å². The van der Waals surface area contributed by atoms with Gasteiger partial charge in [0.15, 0.2) is 0 Å². The molecule has 3 aromatic carbocycles. The van der Waals surface area contributed by atoms with Gasteiger partial charge in [-0.15, -0.1) is 0 Å². The number of aliphatic hydroxyl groups is 1. The SMILES string of the molecule is Cc1ccc(S(=O)(=O)N[C@@H]2CC[C@H](N3c4ccccc4COc4ccccc43)[C@H]2O)cc1. The summed E-state index contributed by atoms with van der Waals surface area (Å²) < 4.78 is 34.6. The highest BCUT2D eigenvalue weighted by Gasteiger charge is 2.42. The van der Waals surface area contributed by atoms with E-state index in [1.807, 2.05) is 55.5 Å². The number of aliphatic hydroxyl groups excluding tert-OH is 1. The molecule has 2 aliphatic rings. The number of aryl methyl sites for hydroxylation is 1. The average molecular weight is 451 g/mol. The number of fused-ring (bicyclic) bond motifs is 2. The third kappa shape index (κ3) is 3.77. The molecule has 2 N–H and O–H groups in total. The molecule has 1 aliphatic heterocycles. The summed E-state index contributed by atoms with van der Waals surface area (Å²) in [7, 11) is -3.73. The predicted molar refractivity (Wildman–Crippen MR) is 124 cm³/mol. The number of nitrogens with zero attached hydrogens (tertiary/aromatic N) is 1. The largest absolute Gasteiger partial charge is 0.487 e. The van der Waals surface area contributed by atoms with Gasteiger partial charge in [-0.1, -0.05) is 48.0 Å². The molecular formula is C25H26N2O4S. The lowest BCUT2D eigenvalue weighted by atomic mass is 10.1. The maximum absolute atomic E-state index is 12.9. The lowest BCUT2D eigenvalue weighted by Crippen LogP contribution is -2.47. The first-order valence-corrected chi connectivity index (χ1v) is 12.3. The molecule has 3 aromatic rings. The second kappa shape index (κ2) is 8.24. The highest BCUT2D eigenvalue weighted by atomic mass is 32.2. The van der Waals surface area contributed by atoms with E-state index in [2.05, 4.69) is 9.62 Å². The number of hydrogen-bond donors (Lipinski definition) is 2. The summed E-state index contributed by atoms with van der Waals surface area (Å²) in [5.41, 5.74) is 3.87. The fraction of sp³-hybridized carbons (Fsp3) is 0.280. The zero-order valence-electron chi connectivity index (χ0n) is 17.8. The standard InChI is InChI=1S/C25H26N2O4S/c1-17-10-12-19(13-11-17)32(29,30)26-20-14-15-23(25(20)28)27-21-7-3-2-6-18(21)16-31-24-9-5-4-8-22(24)27/h2-13,20,23,25-26,28H,14-16H2,1H3/t20-,23+,25+/m1/s1. The monoisotopic (exact) mass is 450 g/mol. The maximum Gasteiger partial charge on any atom is 0.240 e. The average Bonchev–Trinajstić information content (AvgIpc) is 3.04. The molecule has 1 saturated carbocycles. The Kier molecular flexibility index (Phi) is 5.41. The smallest absolute Gasteiger partial charge is 0.240 e. The van der Waals surface area contributed by atoms with E-state index in [4.69, 9.17) is 4.74 Å². The molecular weight excluding hydrogens is 424 g/mol. The van der Waals surface area contributed by atoms with Gasteiger partial charge in [0.05, 0.1) is 28.8 Å². The Hall–Kier alpha value is -2.87. The van der Waals surface area contributed by atoms with Crippen molar-refractivity contribution >= 4 is 21.4 Å². The summed E-state index contributed by atoms with van der Waals surface area (Å²) in [6, 6.07) is 21.6. The molecule has 0 bridgehead atoms. The minimum Gasteiger partial charge on any atom is -0.487 e. The van der Waals surface area contributed by atoms with Crippen molar-refractivity contribution in [2.45, 2.75) is 49.5 Å². The Morgan fingerprint density at radius 1 is 0.938 bits per heavy atom. The number of benzene rings is 3. The van der Waals surface area contributed by atoms with Crippen LogP contribution in [0, 0.1) is 6.92 Å². The highest BCUT2D eigenvalue weighted by Crippen LogP contribution is 2.44. The van der Waals surface area contributed by atoms with Crippen molar-refractivity contribution in [3.63, 3.8) is 0 Å². The van der Waals surface area contributed by atoms with Crippen LogP contribution in [-0.4, -0.2) is 31.7 Å². The highest BCUT2D eigenvalue weighted by molar-refractivity contribution is 7.89. The van der Waals surface area contributed by atoms with Gasteiger partial charge in [-0.2, -0.15) is 0 Å². The number of para-hydroxylation sites is 3. The minimum atomic E-state index is -3.73. The molecule has 32 heavy (non-hydrogen) atoms. The van der Waals surface area contributed by atoms with Crippen molar-refractivity contribution < 1.29 is 18.3 Å². The van der Waals surface area contributed by atoms with E-state index in [0.29, 0.717) is 19.4 Å². The summed E-state index contributed by atoms with van der Waals surface area (Å²) >= 11 is 0. The van der Waals surface area contributed by atoms with Crippen molar-refractivity contribution in [2.24, 2.45) is 0 Å². The summed E-state index contributed by atoms with van der Waals surface area (Å²) in [4.78, 5) is 2.32. The van der Waals surface area contributed by atoms with Gasteiger partial charge in [0.2, 0.25) is 10.0 Å². The number of anilines is 2. The van der Waals surface area contributed by atoms with Crippen molar-refractivity contribution in [3.8, 4) is 5.75 Å². The van der Waals surface area contributed by atoms with Crippen LogP contribution in [-0.2, 0) is 16.6 Å². The fourth-order valence-corrected chi connectivity index (χ4v) is 5.93. The second-order valence-corrected chi connectivity index (χ2v) is 10.1. The fourth-order valence-electron chi connectivity index (χ4n) is 4.64. The molecule has 0 amide bonds. The molecule has 5 rings (SSSR count). The Labute approximate surface area is 188 Å². The number of sulfonamides is 1. The van der Waals surface area contributed by atoms with E-state index in [0.717, 1.165) is 28.3 Å². The van der Waals surface area contributed by atoms with Gasteiger partial charge in [-0.3, -0.25) is 0 Å². The van der Waals surface area contributed by atoms with Crippen molar-refractivity contribution in [1.82, 2.24) is 4.72 Å². The molecule has 1 aliphatic carbocycles. The van der Waals surface area contributed by atoms with Crippen molar-refractivity contribution in [2.75, 3.05) is 4.90 Å². The van der Waals surface area contributed by atoms with E-state index in [-0.39, 0.29) is 10.9 Å². The number of ether oxygens (including phenoxy) is 1. The molecule has 0 aromatic heterocycles. The first-order chi connectivity index (χ1) is 15.4. The van der Waals surface area contributed by atoms with E-state index in [1.165, 1.54) is 0 Å². The van der Waals surface area contributed by atoms with Gasteiger partial charge in [-0.05, 0) is 50.1 Å². The van der Waals surface area contributed by atoms with E-state index in [9.17, 15) is 13.5 Å². The minimum absolute atomic E-state index is 0.206. The molecule has 0 spiro atoms. The van der Waals surface area contributed by atoms with Crippen LogP contribution >= 0.6 is 0 Å². The Balaban J connectivity index is 1.46. The van der Waals surface area contributed by atoms with Gasteiger partial charge < -0.3 is 14.7 Å². The first-order valence-electron chi connectivity index (χ1n) is 10.8.